The molecular formula is C23H29N5O6S. The van der Waals surface area contributed by atoms with Gasteiger partial charge in [0.1, 0.15) is 12.1 Å². The minimum Gasteiger partial charge on any atom is -0.497 e. The molecule has 4 rings (SSSR count). The highest BCUT2D eigenvalue weighted by Gasteiger charge is 2.24. The summed E-state index contributed by atoms with van der Waals surface area (Å²) in [4.78, 5) is 17.5. The molecule has 0 unspecified atom stereocenters. The zero-order chi connectivity index (χ0) is 25.2. The minimum atomic E-state index is -4.64. The van der Waals surface area contributed by atoms with E-state index < -0.39 is 28.2 Å². The number of nitrogens with zero attached hydrogens (tertiary/aromatic N) is 5. The summed E-state index contributed by atoms with van der Waals surface area (Å²) in [6.45, 7) is 6.54. The maximum Gasteiger partial charge on any atom is 0.397 e. The first-order valence-corrected chi connectivity index (χ1v) is 12.6. The molecule has 1 N–H and O–H groups in total. The largest absolute Gasteiger partial charge is 0.497 e. The lowest BCUT2D eigenvalue weighted by Crippen LogP contribution is -2.46. The van der Waals surface area contributed by atoms with Crippen LogP contribution in [0.1, 0.15) is 19.9 Å². The van der Waals surface area contributed by atoms with Gasteiger partial charge in [-0.2, -0.15) is 13.5 Å². The van der Waals surface area contributed by atoms with Crippen LogP contribution in [0, 0.1) is 0 Å². The normalized spacial score (nSPS) is 16.2. The van der Waals surface area contributed by atoms with Crippen molar-refractivity contribution in [3.63, 3.8) is 0 Å². The third-order valence-electron chi connectivity index (χ3n) is 6.24. The molecule has 12 heteroatoms. The lowest BCUT2D eigenvalue weighted by molar-refractivity contribution is 0.142. The fraction of sp³-hybridized carbons (Fsp3) is 0.391. The van der Waals surface area contributed by atoms with Gasteiger partial charge in [-0.25, -0.2) is 18.2 Å². The number of methoxy groups -OCH3 is 1. The molecule has 1 fully saturated rings. The van der Waals surface area contributed by atoms with Crippen LogP contribution in [0.4, 0.5) is 11.4 Å². The van der Waals surface area contributed by atoms with Crippen molar-refractivity contribution in [2.45, 2.75) is 26.0 Å². The Kier molecular flexibility index (Phi) is 7.15. The molecule has 1 aromatic heterocycles. The van der Waals surface area contributed by atoms with E-state index in [-0.39, 0.29) is 0 Å². The van der Waals surface area contributed by atoms with Gasteiger partial charge in [-0.1, -0.05) is 0 Å². The van der Waals surface area contributed by atoms with Gasteiger partial charge >= 0.3 is 16.1 Å². The number of aromatic nitrogens is 3. The standard InChI is InChI=1S/C23H29N5O6S/c1-17(18(2)34-35(30,31)32)28-23(29)27(16-24-28)21-6-4-19(5-7-21)25-12-14-26(15-13-25)20-8-10-22(33-3)11-9-20/h4-11,16-18H,12-15H2,1-3H3,(H,30,31,32)/t17-,18-/m1/s1. The van der Waals surface area contributed by atoms with Crippen LogP contribution in [0.5, 0.6) is 5.75 Å². The van der Waals surface area contributed by atoms with Crippen molar-refractivity contribution < 1.29 is 21.9 Å². The molecular weight excluding hydrogens is 474 g/mol. The Morgan fingerprint density at radius 2 is 1.37 bits per heavy atom. The molecule has 2 atom stereocenters. The number of hydrogen-bond donors (Lipinski definition) is 1. The second-order valence-corrected chi connectivity index (χ2v) is 9.43. The predicted octanol–water partition coefficient (Wildman–Crippen LogP) is 2.14. The van der Waals surface area contributed by atoms with Crippen LogP contribution in [0.2, 0.25) is 0 Å². The van der Waals surface area contributed by atoms with E-state index >= 15 is 0 Å². The van der Waals surface area contributed by atoms with Crippen LogP contribution in [0.15, 0.2) is 59.7 Å². The first kappa shape index (κ1) is 24.8. The second kappa shape index (κ2) is 10.1. The third kappa shape index (κ3) is 5.66. The summed E-state index contributed by atoms with van der Waals surface area (Å²) in [7, 11) is -2.98. The van der Waals surface area contributed by atoms with Gasteiger partial charge in [-0.15, -0.1) is 0 Å². The van der Waals surface area contributed by atoms with Gasteiger partial charge in [0.15, 0.2) is 0 Å². The molecule has 0 aliphatic carbocycles. The van der Waals surface area contributed by atoms with Crippen molar-refractivity contribution >= 4 is 21.8 Å². The monoisotopic (exact) mass is 503 g/mol. The summed E-state index contributed by atoms with van der Waals surface area (Å²) in [6.07, 6.45) is 0.395. The number of rotatable bonds is 8. The maximum atomic E-state index is 12.9. The van der Waals surface area contributed by atoms with E-state index in [1.54, 1.807) is 14.0 Å². The number of benzene rings is 2. The molecule has 1 aliphatic heterocycles. The summed E-state index contributed by atoms with van der Waals surface area (Å²) in [5.41, 5.74) is 2.43. The van der Waals surface area contributed by atoms with E-state index in [2.05, 4.69) is 31.2 Å². The summed E-state index contributed by atoms with van der Waals surface area (Å²) in [5, 5.41) is 4.09. The molecule has 3 aromatic rings. The van der Waals surface area contributed by atoms with Gasteiger partial charge in [-0.3, -0.25) is 4.55 Å². The summed E-state index contributed by atoms with van der Waals surface area (Å²) in [5.74, 6) is 0.840. The van der Waals surface area contributed by atoms with Crippen molar-refractivity contribution in [1.29, 1.82) is 0 Å². The van der Waals surface area contributed by atoms with E-state index in [0.29, 0.717) is 5.69 Å². The molecule has 0 bridgehead atoms. The van der Waals surface area contributed by atoms with Crippen molar-refractivity contribution in [1.82, 2.24) is 14.3 Å². The topological polar surface area (TPSA) is 119 Å². The molecule has 0 radical (unpaired) electrons. The summed E-state index contributed by atoms with van der Waals surface area (Å²) < 4.78 is 43.1. The van der Waals surface area contributed by atoms with Crippen LogP contribution in [0.25, 0.3) is 5.69 Å². The number of ether oxygens (including phenoxy) is 1. The van der Waals surface area contributed by atoms with Crippen molar-refractivity contribution in [2.24, 2.45) is 0 Å². The van der Waals surface area contributed by atoms with Crippen molar-refractivity contribution in [3.05, 3.63) is 65.3 Å². The van der Waals surface area contributed by atoms with Gasteiger partial charge in [0.2, 0.25) is 0 Å². The molecule has 2 heterocycles. The minimum absolute atomic E-state index is 0.441. The van der Waals surface area contributed by atoms with Gasteiger partial charge in [0.25, 0.3) is 0 Å². The van der Waals surface area contributed by atoms with E-state index in [9.17, 15) is 13.2 Å². The van der Waals surface area contributed by atoms with Crippen LogP contribution < -0.4 is 20.2 Å². The van der Waals surface area contributed by atoms with E-state index in [4.69, 9.17) is 9.29 Å². The molecule has 0 saturated carbocycles. The van der Waals surface area contributed by atoms with Gasteiger partial charge in [0.05, 0.1) is 24.9 Å². The molecule has 11 nitrogen and oxygen atoms in total. The summed E-state index contributed by atoms with van der Waals surface area (Å²) in [6, 6.07) is 15.0. The molecule has 188 valence electrons. The second-order valence-electron chi connectivity index (χ2n) is 8.39. The highest BCUT2D eigenvalue weighted by molar-refractivity contribution is 7.80. The predicted molar refractivity (Wildman–Crippen MR) is 132 cm³/mol. The highest BCUT2D eigenvalue weighted by Crippen LogP contribution is 2.23. The molecule has 1 aliphatic rings. The van der Waals surface area contributed by atoms with Crippen LogP contribution in [-0.2, 0) is 14.6 Å². The van der Waals surface area contributed by atoms with Gasteiger partial charge < -0.3 is 14.5 Å². The van der Waals surface area contributed by atoms with Crippen LogP contribution >= 0.6 is 0 Å². The highest BCUT2D eigenvalue weighted by atomic mass is 32.3. The van der Waals surface area contributed by atoms with E-state index in [1.807, 2.05) is 36.4 Å². The molecule has 35 heavy (non-hydrogen) atoms. The zero-order valence-corrected chi connectivity index (χ0v) is 20.6. The van der Waals surface area contributed by atoms with E-state index in [1.165, 1.54) is 23.5 Å². The van der Waals surface area contributed by atoms with Crippen molar-refractivity contribution in [2.75, 3.05) is 43.1 Å². The average Bonchev–Trinajstić information content (AvgIpc) is 3.24. The number of anilines is 2. The quantitative estimate of drug-likeness (QED) is 0.461. The van der Waals surface area contributed by atoms with Gasteiger partial charge in [-0.05, 0) is 62.4 Å². The fourth-order valence-corrected chi connectivity index (χ4v) is 4.63. The lowest BCUT2D eigenvalue weighted by atomic mass is 10.2. The Morgan fingerprint density at radius 3 is 1.86 bits per heavy atom. The fourth-order valence-electron chi connectivity index (χ4n) is 4.08. The van der Waals surface area contributed by atoms with Gasteiger partial charge in [0, 0.05) is 37.6 Å². The summed E-state index contributed by atoms with van der Waals surface area (Å²) >= 11 is 0. The lowest BCUT2D eigenvalue weighted by Gasteiger charge is -2.37. The Bertz CT molecular complexity index is 1300. The number of piperazine rings is 1. The third-order valence-corrected chi connectivity index (χ3v) is 6.79. The Morgan fingerprint density at radius 1 is 0.886 bits per heavy atom. The zero-order valence-electron chi connectivity index (χ0n) is 19.8. The first-order valence-electron chi connectivity index (χ1n) is 11.2. The average molecular weight is 504 g/mol. The Hall–Kier alpha value is -3.35. The Balaban J connectivity index is 1.41. The molecule has 0 spiro atoms. The van der Waals surface area contributed by atoms with Crippen LogP contribution in [0.3, 0.4) is 0 Å². The first-order chi connectivity index (χ1) is 16.7. The molecule has 0 amide bonds. The molecule has 1 saturated heterocycles. The Labute approximate surface area is 204 Å². The maximum absolute atomic E-state index is 12.9. The van der Waals surface area contributed by atoms with E-state index in [0.717, 1.165) is 42.3 Å². The smallest absolute Gasteiger partial charge is 0.397 e. The van der Waals surface area contributed by atoms with Crippen LogP contribution in [-0.4, -0.2) is 66.7 Å². The molecule has 2 aromatic carbocycles. The van der Waals surface area contributed by atoms with Crippen molar-refractivity contribution in [3.8, 4) is 11.4 Å². The number of hydrogen-bond acceptors (Lipinski definition) is 8. The SMILES string of the molecule is COc1ccc(N2CCN(c3ccc(-n4cnn([C@H](C)[C@@H](C)OS(=O)(=O)O)c4=O)cc3)CC2)cc1.